The summed E-state index contributed by atoms with van der Waals surface area (Å²) in [5.74, 6) is 1.80. The summed E-state index contributed by atoms with van der Waals surface area (Å²) in [5, 5.41) is 0. The second-order valence-electron chi connectivity index (χ2n) is 6.32. The zero-order chi connectivity index (χ0) is 15.6. The van der Waals surface area contributed by atoms with Crippen molar-refractivity contribution in [3.05, 3.63) is 53.1 Å². The van der Waals surface area contributed by atoms with Gasteiger partial charge in [-0.2, -0.15) is 0 Å². The van der Waals surface area contributed by atoms with E-state index in [0.717, 1.165) is 34.7 Å². The molecule has 0 radical (unpaired) electrons. The summed E-state index contributed by atoms with van der Waals surface area (Å²) < 4.78 is 11.6. The van der Waals surface area contributed by atoms with Gasteiger partial charge in [0, 0.05) is 30.3 Å². The number of anilines is 1. The first kappa shape index (κ1) is 13.0. The van der Waals surface area contributed by atoms with E-state index in [2.05, 4.69) is 12.1 Å². The monoisotopic (exact) mass is 307 g/mol. The maximum Gasteiger partial charge on any atom is 0.245 e. The molecule has 4 heteroatoms. The van der Waals surface area contributed by atoms with E-state index in [0.29, 0.717) is 19.8 Å². The summed E-state index contributed by atoms with van der Waals surface area (Å²) in [6, 6.07) is 12.2. The van der Waals surface area contributed by atoms with Crippen molar-refractivity contribution in [2.45, 2.75) is 18.8 Å². The zero-order valence-electron chi connectivity index (χ0n) is 13.0. The van der Waals surface area contributed by atoms with Gasteiger partial charge in [0.1, 0.15) is 23.5 Å². The summed E-state index contributed by atoms with van der Waals surface area (Å²) in [6.45, 7) is 3.76. The van der Waals surface area contributed by atoms with Crippen LogP contribution in [0.5, 0.6) is 11.5 Å². The maximum atomic E-state index is 13.3. The molecule has 0 bridgehead atoms. The lowest BCUT2D eigenvalue weighted by Gasteiger charge is -2.22. The number of nitrogens with zero attached hydrogens (tertiary/aromatic N) is 1. The van der Waals surface area contributed by atoms with Crippen molar-refractivity contribution in [3.8, 4) is 11.5 Å². The second kappa shape index (κ2) is 4.28. The van der Waals surface area contributed by atoms with Gasteiger partial charge < -0.3 is 14.4 Å². The third kappa shape index (κ3) is 1.44. The number of ether oxygens (including phenoxy) is 2. The van der Waals surface area contributed by atoms with Crippen molar-refractivity contribution in [1.29, 1.82) is 0 Å². The number of hydrogen-bond acceptors (Lipinski definition) is 3. The number of carbonyl (C=O) groups is 1. The van der Waals surface area contributed by atoms with Crippen LogP contribution in [0.3, 0.4) is 0 Å². The largest absolute Gasteiger partial charge is 0.493 e. The summed E-state index contributed by atoms with van der Waals surface area (Å²) >= 11 is 0. The Morgan fingerprint density at radius 1 is 1.13 bits per heavy atom. The lowest BCUT2D eigenvalue weighted by atomic mass is 9.76. The average molecular weight is 307 g/mol. The molecule has 0 saturated heterocycles. The van der Waals surface area contributed by atoms with Gasteiger partial charge in [-0.05, 0) is 30.2 Å². The maximum absolute atomic E-state index is 13.3. The first-order valence-corrected chi connectivity index (χ1v) is 8.10. The quantitative estimate of drug-likeness (QED) is 0.813. The summed E-state index contributed by atoms with van der Waals surface area (Å²) in [5.41, 5.74) is 3.54. The lowest BCUT2D eigenvalue weighted by Crippen LogP contribution is -2.42. The molecule has 2 aromatic rings. The summed E-state index contributed by atoms with van der Waals surface area (Å²) in [7, 11) is 0. The Kier molecular flexibility index (Phi) is 2.42. The van der Waals surface area contributed by atoms with Gasteiger partial charge >= 0.3 is 0 Å². The predicted octanol–water partition coefficient (Wildman–Crippen LogP) is 2.67. The number of likely N-dealkylation sites (N-methyl/N-ethyl adjacent to an activating group) is 1. The van der Waals surface area contributed by atoms with Crippen LogP contribution < -0.4 is 14.4 Å². The molecule has 3 aliphatic rings. The smallest absolute Gasteiger partial charge is 0.245 e. The van der Waals surface area contributed by atoms with E-state index in [1.807, 2.05) is 36.1 Å². The van der Waals surface area contributed by atoms with E-state index in [4.69, 9.17) is 9.47 Å². The molecule has 116 valence electrons. The third-order valence-electron chi connectivity index (χ3n) is 5.28. The SMILES string of the molecule is CCN1C(=O)C2(COc3cc4c(cc32)CCO4)c2ccccc21. The Morgan fingerprint density at radius 3 is 2.87 bits per heavy atom. The lowest BCUT2D eigenvalue weighted by molar-refractivity contribution is -0.122. The molecular formula is C19H17NO3. The fourth-order valence-electron chi connectivity index (χ4n) is 4.16. The van der Waals surface area contributed by atoms with E-state index in [1.165, 1.54) is 5.56 Å². The van der Waals surface area contributed by atoms with E-state index in [-0.39, 0.29) is 5.91 Å². The van der Waals surface area contributed by atoms with E-state index >= 15 is 0 Å². The number of benzene rings is 2. The van der Waals surface area contributed by atoms with Gasteiger partial charge in [-0.1, -0.05) is 18.2 Å². The Morgan fingerprint density at radius 2 is 2.00 bits per heavy atom. The molecule has 3 heterocycles. The van der Waals surface area contributed by atoms with Crippen LogP contribution in [0.25, 0.3) is 0 Å². The van der Waals surface area contributed by atoms with Crippen LogP contribution >= 0.6 is 0 Å². The molecule has 3 aliphatic heterocycles. The number of carbonyl (C=O) groups excluding carboxylic acids is 1. The van der Waals surface area contributed by atoms with Gasteiger partial charge in [0.15, 0.2) is 0 Å². The third-order valence-corrected chi connectivity index (χ3v) is 5.28. The minimum Gasteiger partial charge on any atom is -0.493 e. The highest BCUT2D eigenvalue weighted by molar-refractivity contribution is 6.11. The molecule has 5 rings (SSSR count). The molecule has 1 spiro atoms. The van der Waals surface area contributed by atoms with Gasteiger partial charge in [-0.3, -0.25) is 4.79 Å². The Labute approximate surface area is 134 Å². The van der Waals surface area contributed by atoms with Crippen molar-refractivity contribution < 1.29 is 14.3 Å². The molecule has 0 N–H and O–H groups in total. The van der Waals surface area contributed by atoms with Crippen molar-refractivity contribution in [2.75, 3.05) is 24.7 Å². The molecule has 0 fully saturated rings. The van der Waals surface area contributed by atoms with Crippen LogP contribution in [0.2, 0.25) is 0 Å². The molecule has 0 aromatic heterocycles. The molecule has 1 atom stereocenters. The number of hydrogen-bond donors (Lipinski definition) is 0. The van der Waals surface area contributed by atoms with Crippen LogP contribution in [-0.4, -0.2) is 25.7 Å². The van der Waals surface area contributed by atoms with Crippen molar-refractivity contribution in [3.63, 3.8) is 0 Å². The topological polar surface area (TPSA) is 38.8 Å². The highest BCUT2D eigenvalue weighted by Crippen LogP contribution is 2.53. The second-order valence-corrected chi connectivity index (χ2v) is 6.32. The van der Waals surface area contributed by atoms with Gasteiger partial charge in [0.05, 0.1) is 6.61 Å². The van der Waals surface area contributed by atoms with E-state index < -0.39 is 5.41 Å². The van der Waals surface area contributed by atoms with Gasteiger partial charge in [-0.15, -0.1) is 0 Å². The van der Waals surface area contributed by atoms with Gasteiger partial charge in [0.25, 0.3) is 0 Å². The Bertz CT molecular complexity index is 845. The summed E-state index contributed by atoms with van der Waals surface area (Å²) in [6.07, 6.45) is 0.895. The standard InChI is InChI=1S/C19H17NO3/c1-2-20-15-6-4-3-5-13(15)19(18(20)21)11-23-17-10-16-12(7-8-22-16)9-14(17)19/h3-6,9-10H,2,7-8,11H2,1H3. The van der Waals surface area contributed by atoms with Crippen molar-refractivity contribution >= 4 is 11.6 Å². The molecule has 2 aromatic carbocycles. The fraction of sp³-hybridized carbons (Fsp3) is 0.316. The molecule has 0 saturated carbocycles. The first-order chi connectivity index (χ1) is 11.3. The van der Waals surface area contributed by atoms with Crippen LogP contribution in [-0.2, 0) is 16.6 Å². The predicted molar refractivity (Wildman–Crippen MR) is 86.4 cm³/mol. The molecule has 23 heavy (non-hydrogen) atoms. The summed E-state index contributed by atoms with van der Waals surface area (Å²) in [4.78, 5) is 15.2. The first-order valence-electron chi connectivity index (χ1n) is 8.10. The van der Waals surface area contributed by atoms with Crippen LogP contribution in [0.15, 0.2) is 36.4 Å². The van der Waals surface area contributed by atoms with E-state index in [9.17, 15) is 4.79 Å². The van der Waals surface area contributed by atoms with Crippen LogP contribution in [0.1, 0.15) is 23.6 Å². The minimum atomic E-state index is -0.695. The molecule has 4 nitrogen and oxygen atoms in total. The minimum absolute atomic E-state index is 0.124. The normalized spacial score (nSPS) is 23.5. The molecular weight excluding hydrogens is 290 g/mol. The number of rotatable bonds is 1. The van der Waals surface area contributed by atoms with E-state index in [1.54, 1.807) is 0 Å². The number of fused-ring (bicyclic) bond motifs is 5. The molecule has 1 amide bonds. The Balaban J connectivity index is 1.78. The van der Waals surface area contributed by atoms with Crippen LogP contribution in [0, 0.1) is 0 Å². The molecule has 1 unspecified atom stereocenters. The highest BCUT2D eigenvalue weighted by Gasteiger charge is 2.56. The fourth-order valence-corrected chi connectivity index (χ4v) is 4.16. The number of amides is 1. The average Bonchev–Trinajstić information content (AvgIpc) is 3.23. The van der Waals surface area contributed by atoms with Crippen molar-refractivity contribution in [2.24, 2.45) is 0 Å². The van der Waals surface area contributed by atoms with Crippen molar-refractivity contribution in [1.82, 2.24) is 0 Å². The number of para-hydroxylation sites is 1. The van der Waals surface area contributed by atoms with Gasteiger partial charge in [-0.25, -0.2) is 0 Å². The van der Waals surface area contributed by atoms with Gasteiger partial charge in [0.2, 0.25) is 5.91 Å². The molecule has 0 aliphatic carbocycles. The zero-order valence-corrected chi connectivity index (χ0v) is 13.0. The van der Waals surface area contributed by atoms with Crippen LogP contribution in [0.4, 0.5) is 5.69 Å². The Hall–Kier alpha value is -2.49. The highest BCUT2D eigenvalue weighted by atomic mass is 16.5.